The van der Waals surface area contributed by atoms with E-state index in [1.165, 1.54) is 0 Å². The Labute approximate surface area is 166 Å². The zero-order chi connectivity index (χ0) is 19.7. The Balaban J connectivity index is 1.40. The minimum atomic E-state index is -0.119. The number of nitrogens with zero attached hydrogens (tertiary/aromatic N) is 3. The highest BCUT2D eigenvalue weighted by Gasteiger charge is 2.25. The summed E-state index contributed by atoms with van der Waals surface area (Å²) in [6.07, 6.45) is 1.78. The van der Waals surface area contributed by atoms with Crippen LogP contribution < -0.4 is 5.32 Å². The van der Waals surface area contributed by atoms with Crippen LogP contribution in [-0.2, 0) is 11.3 Å². The Bertz CT molecular complexity index is 1010. The number of aromatic nitrogens is 2. The van der Waals surface area contributed by atoms with Gasteiger partial charge in [0.2, 0.25) is 5.91 Å². The Morgan fingerprint density at radius 2 is 2.21 bits per heavy atom. The average molecular weight is 398 g/mol. The van der Waals surface area contributed by atoms with Crippen molar-refractivity contribution in [2.45, 2.75) is 45.7 Å². The number of fused-ring (bicyclic) bond motifs is 1. The van der Waals surface area contributed by atoms with E-state index in [0.717, 1.165) is 33.7 Å². The molecule has 1 atom stereocenters. The van der Waals surface area contributed by atoms with Gasteiger partial charge in [-0.1, -0.05) is 5.16 Å². The lowest BCUT2D eigenvalue weighted by molar-refractivity contribution is -0.131. The Hall–Kier alpha value is -2.74. The van der Waals surface area contributed by atoms with Gasteiger partial charge in [0.25, 0.3) is 5.91 Å². The molecule has 1 aliphatic heterocycles. The van der Waals surface area contributed by atoms with E-state index in [1.54, 1.807) is 16.8 Å². The van der Waals surface area contributed by atoms with Gasteiger partial charge >= 0.3 is 0 Å². The van der Waals surface area contributed by atoms with Crippen LogP contribution in [0.3, 0.4) is 0 Å². The first kappa shape index (κ1) is 18.6. The number of carbonyl (C=O) groups is 2. The van der Waals surface area contributed by atoms with E-state index in [2.05, 4.69) is 15.5 Å². The van der Waals surface area contributed by atoms with Crippen LogP contribution in [0.5, 0.6) is 0 Å². The van der Waals surface area contributed by atoms with Crippen LogP contribution in [0.1, 0.15) is 46.6 Å². The molecule has 1 N–H and O–H groups in total. The zero-order valence-corrected chi connectivity index (χ0v) is 16.7. The summed E-state index contributed by atoms with van der Waals surface area (Å²) in [5.74, 6) is 0.726. The maximum absolute atomic E-state index is 12.6. The Morgan fingerprint density at radius 1 is 1.36 bits per heavy atom. The Morgan fingerprint density at radius 3 is 3.00 bits per heavy atom. The summed E-state index contributed by atoms with van der Waals surface area (Å²) in [5, 5.41) is 7.04. The number of likely N-dealkylation sites (tertiary alicyclic amines) is 1. The van der Waals surface area contributed by atoms with E-state index in [1.807, 2.05) is 36.9 Å². The number of hydrogen-bond donors (Lipinski definition) is 1. The predicted octanol–water partition coefficient (Wildman–Crippen LogP) is 3.21. The largest absolute Gasteiger partial charge is 0.361 e. The number of benzene rings is 1. The summed E-state index contributed by atoms with van der Waals surface area (Å²) < 4.78 is 6.26. The number of carbonyl (C=O) groups excluding carboxylic acids is 2. The van der Waals surface area contributed by atoms with Gasteiger partial charge in [0.05, 0.1) is 28.0 Å². The first-order valence-corrected chi connectivity index (χ1v) is 10.2. The van der Waals surface area contributed by atoms with Gasteiger partial charge in [-0.15, -0.1) is 11.3 Å². The molecule has 0 aliphatic carbocycles. The van der Waals surface area contributed by atoms with Gasteiger partial charge in [0.15, 0.2) is 0 Å². The van der Waals surface area contributed by atoms with E-state index in [-0.39, 0.29) is 17.9 Å². The number of amides is 2. The van der Waals surface area contributed by atoms with Gasteiger partial charge in [-0.25, -0.2) is 4.98 Å². The molecule has 2 amide bonds. The molecule has 146 valence electrons. The average Bonchev–Trinajstić information content (AvgIpc) is 3.23. The lowest BCUT2D eigenvalue weighted by atomic mass is 10.1. The molecule has 0 radical (unpaired) electrons. The number of thiazole rings is 1. The summed E-state index contributed by atoms with van der Waals surface area (Å²) in [7, 11) is 0. The fourth-order valence-electron chi connectivity index (χ4n) is 3.53. The number of rotatable bonds is 4. The van der Waals surface area contributed by atoms with E-state index in [9.17, 15) is 9.59 Å². The van der Waals surface area contributed by atoms with Crippen LogP contribution in [0.4, 0.5) is 0 Å². The molecule has 7 nitrogen and oxygen atoms in total. The fraction of sp³-hybridized carbons (Fsp3) is 0.400. The number of aryl methyl sites for hydroxylation is 2. The number of hydrogen-bond acceptors (Lipinski definition) is 6. The van der Waals surface area contributed by atoms with Crippen LogP contribution in [0.2, 0.25) is 0 Å². The van der Waals surface area contributed by atoms with Crippen LogP contribution >= 0.6 is 11.3 Å². The topological polar surface area (TPSA) is 88.3 Å². The van der Waals surface area contributed by atoms with Crippen LogP contribution in [0, 0.1) is 13.8 Å². The fourth-order valence-corrected chi connectivity index (χ4v) is 4.19. The first-order chi connectivity index (χ1) is 13.5. The second-order valence-electron chi connectivity index (χ2n) is 7.15. The van der Waals surface area contributed by atoms with Crippen molar-refractivity contribution in [3.05, 3.63) is 46.3 Å². The molecule has 1 saturated heterocycles. The molecule has 4 rings (SSSR count). The van der Waals surface area contributed by atoms with Crippen LogP contribution in [0.25, 0.3) is 10.2 Å². The second kappa shape index (κ2) is 7.71. The van der Waals surface area contributed by atoms with Crippen molar-refractivity contribution in [1.82, 2.24) is 20.4 Å². The van der Waals surface area contributed by atoms with E-state index in [0.29, 0.717) is 31.5 Å². The minimum absolute atomic E-state index is 0.0303. The van der Waals surface area contributed by atoms with Crippen molar-refractivity contribution < 1.29 is 14.1 Å². The van der Waals surface area contributed by atoms with Gasteiger partial charge in [-0.2, -0.15) is 0 Å². The number of nitrogens with one attached hydrogen (secondary N) is 1. The van der Waals surface area contributed by atoms with Gasteiger partial charge in [0, 0.05) is 30.1 Å². The summed E-state index contributed by atoms with van der Waals surface area (Å²) in [6.45, 7) is 4.84. The first-order valence-electron chi connectivity index (χ1n) is 9.35. The quantitative estimate of drug-likeness (QED) is 0.729. The summed E-state index contributed by atoms with van der Waals surface area (Å²) in [4.78, 5) is 31.3. The third-order valence-corrected chi connectivity index (χ3v) is 6.07. The van der Waals surface area contributed by atoms with Crippen molar-refractivity contribution in [3.63, 3.8) is 0 Å². The molecule has 1 unspecified atom stereocenters. The van der Waals surface area contributed by atoms with Crippen molar-refractivity contribution >= 4 is 33.4 Å². The van der Waals surface area contributed by atoms with E-state index in [4.69, 9.17) is 4.52 Å². The molecule has 3 heterocycles. The van der Waals surface area contributed by atoms with Crippen molar-refractivity contribution in [3.8, 4) is 0 Å². The highest BCUT2D eigenvalue weighted by Crippen LogP contribution is 2.21. The normalized spacial score (nSPS) is 17.7. The molecule has 0 spiro atoms. The molecular formula is C20H22N4O3S. The predicted molar refractivity (Wildman–Crippen MR) is 106 cm³/mol. The lowest BCUT2D eigenvalue weighted by Crippen LogP contribution is -2.36. The molecule has 0 saturated carbocycles. The monoisotopic (exact) mass is 398 g/mol. The molecule has 1 fully saturated rings. The molecular weight excluding hydrogens is 376 g/mol. The van der Waals surface area contributed by atoms with Crippen LogP contribution in [-0.4, -0.2) is 39.4 Å². The Kier molecular flexibility index (Phi) is 5.13. The molecule has 3 aromatic rings. The third kappa shape index (κ3) is 3.77. The molecule has 1 aliphatic rings. The highest BCUT2D eigenvalue weighted by atomic mass is 32.1. The van der Waals surface area contributed by atoms with Gasteiger partial charge < -0.3 is 14.7 Å². The highest BCUT2D eigenvalue weighted by molar-refractivity contribution is 7.16. The second-order valence-corrected chi connectivity index (χ2v) is 8.04. The van der Waals surface area contributed by atoms with Crippen molar-refractivity contribution in [1.29, 1.82) is 0 Å². The summed E-state index contributed by atoms with van der Waals surface area (Å²) >= 11 is 1.55. The molecule has 1 aromatic carbocycles. The molecule has 28 heavy (non-hydrogen) atoms. The van der Waals surface area contributed by atoms with Crippen molar-refractivity contribution in [2.24, 2.45) is 0 Å². The lowest BCUT2D eigenvalue weighted by Gasteiger charge is -2.21. The van der Waals surface area contributed by atoms with Crippen LogP contribution in [0.15, 0.2) is 28.2 Å². The van der Waals surface area contributed by atoms with Gasteiger partial charge in [0.1, 0.15) is 5.76 Å². The standard InChI is InChI=1S/C20H22N4O3S/c1-12-16(13(2)27-23-12)10-24-8-7-15(4-6-19(24)25)22-20(26)14-3-5-18-17(9-14)21-11-28-18/h3,5,9,11,15H,4,6-8,10H2,1-2H3,(H,22,26). The summed E-state index contributed by atoms with van der Waals surface area (Å²) in [6, 6.07) is 5.52. The minimum Gasteiger partial charge on any atom is -0.361 e. The maximum atomic E-state index is 12.6. The van der Waals surface area contributed by atoms with Gasteiger partial charge in [-0.05, 0) is 44.9 Å². The van der Waals surface area contributed by atoms with Gasteiger partial charge in [-0.3, -0.25) is 9.59 Å². The third-order valence-electron chi connectivity index (χ3n) is 5.26. The maximum Gasteiger partial charge on any atom is 0.251 e. The van der Waals surface area contributed by atoms with E-state index < -0.39 is 0 Å². The SMILES string of the molecule is Cc1noc(C)c1CN1CCC(NC(=O)c2ccc3scnc3c2)CCC1=O. The smallest absolute Gasteiger partial charge is 0.251 e. The molecule has 0 bridgehead atoms. The summed E-state index contributed by atoms with van der Waals surface area (Å²) in [5.41, 5.74) is 4.99. The van der Waals surface area contributed by atoms with Crippen molar-refractivity contribution in [2.75, 3.05) is 6.54 Å². The zero-order valence-electron chi connectivity index (χ0n) is 15.9. The molecule has 8 heteroatoms. The van der Waals surface area contributed by atoms with E-state index >= 15 is 0 Å². The molecule has 2 aromatic heterocycles.